The number of anilines is 1. The number of nitrogens with zero attached hydrogens (tertiary/aromatic N) is 5. The third-order valence-electron chi connectivity index (χ3n) is 4.95. The molecule has 1 aliphatic rings. The lowest BCUT2D eigenvalue weighted by molar-refractivity contribution is 0.130. The molecular formula is C18H21N5O3. The van der Waals surface area contributed by atoms with E-state index in [-0.39, 0.29) is 23.2 Å². The van der Waals surface area contributed by atoms with Crippen LogP contribution in [-0.2, 0) is 7.05 Å². The van der Waals surface area contributed by atoms with Crippen LogP contribution in [0.5, 0.6) is 0 Å². The number of aryl methyl sites for hydroxylation is 1. The summed E-state index contributed by atoms with van der Waals surface area (Å²) in [6.45, 7) is 5.24. The van der Waals surface area contributed by atoms with Crippen molar-refractivity contribution >= 4 is 22.8 Å². The van der Waals surface area contributed by atoms with Crippen LogP contribution in [0.4, 0.5) is 10.5 Å². The molecule has 0 bridgehead atoms. The van der Waals surface area contributed by atoms with Gasteiger partial charge in [0, 0.05) is 38.8 Å². The summed E-state index contributed by atoms with van der Waals surface area (Å²) < 4.78 is 1.50. The van der Waals surface area contributed by atoms with Gasteiger partial charge in [0.1, 0.15) is 17.3 Å². The van der Waals surface area contributed by atoms with E-state index in [0.717, 1.165) is 0 Å². The molecule has 2 aromatic heterocycles. The van der Waals surface area contributed by atoms with Gasteiger partial charge < -0.3 is 19.5 Å². The predicted molar refractivity (Wildman–Crippen MR) is 97.3 cm³/mol. The van der Waals surface area contributed by atoms with Gasteiger partial charge in [0.25, 0.3) is 5.56 Å². The van der Waals surface area contributed by atoms with Gasteiger partial charge in [-0.15, -0.1) is 0 Å². The Morgan fingerprint density at radius 2 is 2.12 bits per heavy atom. The highest BCUT2D eigenvalue weighted by Crippen LogP contribution is 2.29. The summed E-state index contributed by atoms with van der Waals surface area (Å²) in [6.07, 6.45) is -0.936. The van der Waals surface area contributed by atoms with Crippen molar-refractivity contribution < 1.29 is 9.90 Å². The van der Waals surface area contributed by atoms with Gasteiger partial charge >= 0.3 is 6.09 Å². The summed E-state index contributed by atoms with van der Waals surface area (Å²) >= 11 is 0. The molecule has 1 N–H and O–H groups in total. The normalized spacial score (nSPS) is 17.6. The minimum atomic E-state index is -0.936. The summed E-state index contributed by atoms with van der Waals surface area (Å²) in [5.74, 6) is 0.176. The Kier molecular flexibility index (Phi) is 4.55. The quantitative estimate of drug-likeness (QED) is 0.878. The monoisotopic (exact) mass is 355 g/mol. The van der Waals surface area contributed by atoms with Gasteiger partial charge in [-0.1, -0.05) is 13.8 Å². The number of hydrogen-bond donors (Lipinski definition) is 1. The molecule has 1 aliphatic heterocycles. The van der Waals surface area contributed by atoms with Crippen molar-refractivity contribution in [2.45, 2.75) is 19.9 Å². The fourth-order valence-corrected chi connectivity index (χ4v) is 3.45. The van der Waals surface area contributed by atoms with E-state index in [1.807, 2.05) is 19.9 Å². The first kappa shape index (κ1) is 17.7. The fourth-order valence-electron chi connectivity index (χ4n) is 3.45. The van der Waals surface area contributed by atoms with E-state index in [1.54, 1.807) is 19.2 Å². The first-order chi connectivity index (χ1) is 12.3. The van der Waals surface area contributed by atoms with Crippen molar-refractivity contribution in [1.82, 2.24) is 14.5 Å². The van der Waals surface area contributed by atoms with Crippen LogP contribution in [-0.4, -0.2) is 51.3 Å². The Hall–Kier alpha value is -3.08. The molecule has 0 aliphatic carbocycles. The summed E-state index contributed by atoms with van der Waals surface area (Å²) in [5.41, 5.74) is 2.00. The lowest BCUT2D eigenvalue weighted by Crippen LogP contribution is -2.56. The molecule has 26 heavy (non-hydrogen) atoms. The molecule has 0 spiro atoms. The Morgan fingerprint density at radius 3 is 2.73 bits per heavy atom. The van der Waals surface area contributed by atoms with Crippen LogP contribution < -0.4 is 10.5 Å². The number of rotatable bonds is 2. The first-order valence-corrected chi connectivity index (χ1v) is 8.49. The number of carboxylic acid groups (broad SMARTS) is 1. The van der Waals surface area contributed by atoms with Gasteiger partial charge in [0.05, 0.1) is 11.2 Å². The van der Waals surface area contributed by atoms with Crippen LogP contribution in [0, 0.1) is 17.2 Å². The minimum absolute atomic E-state index is 0.0808. The third kappa shape index (κ3) is 2.96. The maximum atomic E-state index is 12.4. The van der Waals surface area contributed by atoms with E-state index in [4.69, 9.17) is 0 Å². The van der Waals surface area contributed by atoms with Crippen LogP contribution >= 0.6 is 0 Å². The number of fused-ring (bicyclic) bond motifs is 1. The molecule has 1 fully saturated rings. The van der Waals surface area contributed by atoms with E-state index in [2.05, 4.69) is 9.88 Å². The average molecular weight is 355 g/mol. The van der Waals surface area contributed by atoms with E-state index < -0.39 is 6.09 Å². The van der Waals surface area contributed by atoms with Crippen molar-refractivity contribution in [2.24, 2.45) is 13.0 Å². The minimum Gasteiger partial charge on any atom is -0.465 e. The molecule has 8 heteroatoms. The molecule has 1 saturated heterocycles. The van der Waals surface area contributed by atoms with Crippen molar-refractivity contribution in [1.29, 1.82) is 5.26 Å². The van der Waals surface area contributed by atoms with E-state index in [0.29, 0.717) is 36.4 Å². The molecule has 0 unspecified atom stereocenters. The average Bonchev–Trinajstić information content (AvgIpc) is 2.63. The van der Waals surface area contributed by atoms with Gasteiger partial charge in [0.2, 0.25) is 0 Å². The van der Waals surface area contributed by atoms with Crippen molar-refractivity contribution in [3.05, 3.63) is 34.2 Å². The Balaban J connectivity index is 2.17. The summed E-state index contributed by atoms with van der Waals surface area (Å²) in [5, 5.41) is 18.5. The smallest absolute Gasteiger partial charge is 0.407 e. The molecule has 2 aromatic rings. The zero-order valence-electron chi connectivity index (χ0n) is 15.0. The fraction of sp³-hybridized carbons (Fsp3) is 0.444. The summed E-state index contributed by atoms with van der Waals surface area (Å²) in [6, 6.07) is 6.80. The van der Waals surface area contributed by atoms with Crippen molar-refractivity contribution in [3.63, 3.8) is 0 Å². The number of amides is 1. The van der Waals surface area contributed by atoms with Crippen LogP contribution in [0.25, 0.3) is 11.0 Å². The largest absolute Gasteiger partial charge is 0.465 e. The van der Waals surface area contributed by atoms with Gasteiger partial charge in [0.15, 0.2) is 0 Å². The molecule has 1 amide bonds. The number of aromatic nitrogens is 2. The van der Waals surface area contributed by atoms with E-state index in [9.17, 15) is 20.0 Å². The highest BCUT2D eigenvalue weighted by molar-refractivity contribution is 5.89. The lowest BCUT2D eigenvalue weighted by Gasteiger charge is -2.43. The molecule has 1 atom stereocenters. The molecule has 0 saturated carbocycles. The highest BCUT2D eigenvalue weighted by Gasteiger charge is 2.33. The van der Waals surface area contributed by atoms with Crippen LogP contribution in [0.3, 0.4) is 0 Å². The van der Waals surface area contributed by atoms with Gasteiger partial charge in [-0.2, -0.15) is 5.26 Å². The summed E-state index contributed by atoms with van der Waals surface area (Å²) in [7, 11) is 1.67. The second-order valence-corrected chi connectivity index (χ2v) is 6.84. The summed E-state index contributed by atoms with van der Waals surface area (Å²) in [4.78, 5) is 31.7. The number of carbonyl (C=O) groups is 1. The standard InChI is InChI=1S/C18H21N5O3/c1-11(2)15-10-22(18(25)26)6-7-23(15)14-8-16(24)21(3)13-5-4-12(9-19)20-17(13)14/h4-5,8,11,15H,6-7,10H2,1-3H3,(H,25,26)/t15-/m0/s1. The molecule has 3 rings (SSSR count). The highest BCUT2D eigenvalue weighted by atomic mass is 16.4. The zero-order chi connectivity index (χ0) is 19.0. The van der Waals surface area contributed by atoms with Gasteiger partial charge in [-0.25, -0.2) is 9.78 Å². The molecule has 8 nitrogen and oxygen atoms in total. The van der Waals surface area contributed by atoms with E-state index in [1.165, 1.54) is 15.5 Å². The Morgan fingerprint density at radius 1 is 1.38 bits per heavy atom. The third-order valence-corrected chi connectivity index (χ3v) is 4.95. The van der Waals surface area contributed by atoms with Crippen LogP contribution in [0.15, 0.2) is 23.0 Å². The van der Waals surface area contributed by atoms with Crippen LogP contribution in [0.1, 0.15) is 19.5 Å². The van der Waals surface area contributed by atoms with Crippen molar-refractivity contribution in [2.75, 3.05) is 24.5 Å². The van der Waals surface area contributed by atoms with E-state index >= 15 is 0 Å². The van der Waals surface area contributed by atoms with Gasteiger partial charge in [-0.3, -0.25) is 4.79 Å². The number of piperazine rings is 1. The zero-order valence-corrected chi connectivity index (χ0v) is 15.0. The maximum absolute atomic E-state index is 12.4. The maximum Gasteiger partial charge on any atom is 0.407 e. The molecule has 3 heterocycles. The Labute approximate surface area is 150 Å². The Bertz CT molecular complexity index is 960. The number of pyridine rings is 2. The SMILES string of the molecule is CC(C)[C@@H]1CN(C(=O)O)CCN1c1cc(=O)n(C)c2ccc(C#N)nc12. The van der Waals surface area contributed by atoms with Crippen LogP contribution in [0.2, 0.25) is 0 Å². The predicted octanol–water partition coefficient (Wildman–Crippen LogP) is 1.63. The first-order valence-electron chi connectivity index (χ1n) is 8.49. The van der Waals surface area contributed by atoms with Gasteiger partial charge in [-0.05, 0) is 18.1 Å². The second-order valence-electron chi connectivity index (χ2n) is 6.84. The molecular weight excluding hydrogens is 334 g/mol. The topological polar surface area (TPSA) is 102 Å². The second kappa shape index (κ2) is 6.67. The molecule has 0 radical (unpaired) electrons. The van der Waals surface area contributed by atoms with Crippen molar-refractivity contribution in [3.8, 4) is 6.07 Å². The lowest BCUT2D eigenvalue weighted by atomic mass is 9.98. The number of hydrogen-bond acceptors (Lipinski definition) is 5. The molecule has 136 valence electrons. The molecule has 0 aromatic carbocycles. The number of nitriles is 1.